The van der Waals surface area contributed by atoms with Crippen LogP contribution < -0.4 is 0 Å². The van der Waals surface area contributed by atoms with Gasteiger partial charge in [0.25, 0.3) is 0 Å². The first-order valence-corrected chi connectivity index (χ1v) is 6.82. The van der Waals surface area contributed by atoms with Crippen LogP contribution in [-0.4, -0.2) is 16.4 Å². The predicted octanol–water partition coefficient (Wildman–Crippen LogP) is 4.16. The zero-order valence-corrected chi connectivity index (χ0v) is 12.9. The smallest absolute Gasteiger partial charge is 0.322 e. The second kappa shape index (κ2) is 6.63. The SMILES string of the molecule is CC(C)CC(CC(C)C)OC(=O)C(C)(C)Br. The molecule has 3 heteroatoms. The Morgan fingerprint density at radius 1 is 1.12 bits per heavy atom. The van der Waals surface area contributed by atoms with Gasteiger partial charge in [0.1, 0.15) is 10.4 Å². The number of esters is 1. The van der Waals surface area contributed by atoms with Crippen LogP contribution in [0.5, 0.6) is 0 Å². The highest BCUT2D eigenvalue weighted by Crippen LogP contribution is 2.23. The number of hydrogen-bond donors (Lipinski definition) is 0. The number of carbonyl (C=O) groups is 1. The maximum atomic E-state index is 11.8. The van der Waals surface area contributed by atoms with Crippen molar-refractivity contribution in [1.82, 2.24) is 0 Å². The van der Waals surface area contributed by atoms with E-state index in [-0.39, 0.29) is 12.1 Å². The molecule has 0 aliphatic heterocycles. The van der Waals surface area contributed by atoms with Crippen LogP contribution in [-0.2, 0) is 9.53 Å². The molecule has 0 heterocycles. The molecule has 0 rings (SSSR count). The van der Waals surface area contributed by atoms with Gasteiger partial charge in [0, 0.05) is 0 Å². The molecule has 16 heavy (non-hydrogen) atoms. The summed E-state index contributed by atoms with van der Waals surface area (Å²) in [5.41, 5.74) is 0. The Morgan fingerprint density at radius 2 is 1.50 bits per heavy atom. The minimum Gasteiger partial charge on any atom is -0.461 e. The second-order valence-electron chi connectivity index (χ2n) is 5.76. The summed E-state index contributed by atoms with van der Waals surface area (Å²) in [6.07, 6.45) is 1.92. The third-order valence-corrected chi connectivity index (χ3v) is 2.55. The van der Waals surface area contributed by atoms with Gasteiger partial charge in [-0.25, -0.2) is 0 Å². The van der Waals surface area contributed by atoms with Gasteiger partial charge in [0.15, 0.2) is 0 Å². The van der Waals surface area contributed by atoms with E-state index in [1.165, 1.54) is 0 Å². The van der Waals surface area contributed by atoms with Crippen LogP contribution >= 0.6 is 15.9 Å². The minimum absolute atomic E-state index is 0.0457. The summed E-state index contributed by atoms with van der Waals surface area (Å²) in [4.78, 5) is 11.8. The maximum absolute atomic E-state index is 11.8. The van der Waals surface area contributed by atoms with E-state index in [2.05, 4.69) is 43.6 Å². The Morgan fingerprint density at radius 3 is 1.75 bits per heavy atom. The lowest BCUT2D eigenvalue weighted by Crippen LogP contribution is -2.32. The Balaban J connectivity index is 4.36. The van der Waals surface area contributed by atoms with Crippen LogP contribution in [0.3, 0.4) is 0 Å². The van der Waals surface area contributed by atoms with Gasteiger partial charge in [-0.2, -0.15) is 0 Å². The van der Waals surface area contributed by atoms with Crippen LogP contribution in [0.25, 0.3) is 0 Å². The number of carbonyl (C=O) groups excluding carboxylic acids is 1. The molecule has 0 bridgehead atoms. The van der Waals surface area contributed by atoms with Gasteiger partial charge in [-0.1, -0.05) is 43.6 Å². The zero-order valence-electron chi connectivity index (χ0n) is 11.3. The van der Waals surface area contributed by atoms with Crippen molar-refractivity contribution in [2.24, 2.45) is 11.8 Å². The van der Waals surface area contributed by atoms with Crippen molar-refractivity contribution in [3.05, 3.63) is 0 Å². The lowest BCUT2D eigenvalue weighted by atomic mass is 9.98. The van der Waals surface area contributed by atoms with Crippen molar-refractivity contribution in [3.8, 4) is 0 Å². The molecule has 0 N–H and O–H groups in total. The van der Waals surface area contributed by atoms with Gasteiger partial charge < -0.3 is 4.74 Å². The number of ether oxygens (including phenoxy) is 1. The number of hydrogen-bond acceptors (Lipinski definition) is 2. The van der Waals surface area contributed by atoms with Crippen LogP contribution in [0.2, 0.25) is 0 Å². The molecule has 0 aliphatic carbocycles. The maximum Gasteiger partial charge on any atom is 0.322 e. The van der Waals surface area contributed by atoms with Crippen molar-refractivity contribution in [2.75, 3.05) is 0 Å². The molecule has 0 spiro atoms. The first-order chi connectivity index (χ1) is 7.12. The van der Waals surface area contributed by atoms with Crippen LogP contribution in [0.4, 0.5) is 0 Å². The third-order valence-electron chi connectivity index (χ3n) is 2.23. The molecule has 0 aliphatic rings. The van der Waals surface area contributed by atoms with Gasteiger partial charge in [-0.15, -0.1) is 0 Å². The fourth-order valence-corrected chi connectivity index (χ4v) is 1.63. The largest absolute Gasteiger partial charge is 0.461 e. The Labute approximate surface area is 108 Å². The van der Waals surface area contributed by atoms with E-state index in [4.69, 9.17) is 4.74 Å². The molecule has 0 aromatic heterocycles. The van der Waals surface area contributed by atoms with Crippen molar-refractivity contribution < 1.29 is 9.53 Å². The standard InChI is InChI=1S/C13H25BrO2/c1-9(2)7-11(8-10(3)4)16-12(15)13(5,6)14/h9-11H,7-8H2,1-6H3. The summed E-state index contributed by atoms with van der Waals surface area (Å²) in [5.74, 6) is 0.934. The van der Waals surface area contributed by atoms with Crippen molar-refractivity contribution in [1.29, 1.82) is 0 Å². The quantitative estimate of drug-likeness (QED) is 0.543. The van der Waals surface area contributed by atoms with Crippen molar-refractivity contribution in [3.63, 3.8) is 0 Å². The normalized spacial score (nSPS) is 12.6. The summed E-state index contributed by atoms with van der Waals surface area (Å²) < 4.78 is 4.97. The van der Waals surface area contributed by atoms with E-state index in [9.17, 15) is 4.79 Å². The van der Waals surface area contributed by atoms with E-state index in [0.717, 1.165) is 12.8 Å². The highest BCUT2D eigenvalue weighted by Gasteiger charge is 2.28. The molecule has 0 amide bonds. The van der Waals surface area contributed by atoms with E-state index in [0.29, 0.717) is 11.8 Å². The third kappa shape index (κ3) is 7.26. The summed E-state index contributed by atoms with van der Waals surface area (Å²) in [5, 5.41) is 0. The summed E-state index contributed by atoms with van der Waals surface area (Å²) in [6.45, 7) is 12.2. The van der Waals surface area contributed by atoms with E-state index >= 15 is 0 Å². The summed E-state index contributed by atoms with van der Waals surface area (Å²) in [7, 11) is 0. The molecule has 96 valence electrons. The van der Waals surface area contributed by atoms with Crippen LogP contribution in [0.15, 0.2) is 0 Å². The topological polar surface area (TPSA) is 26.3 Å². The minimum atomic E-state index is -0.584. The van der Waals surface area contributed by atoms with Crippen molar-refractivity contribution in [2.45, 2.75) is 64.8 Å². The first kappa shape index (κ1) is 16.0. The highest BCUT2D eigenvalue weighted by molar-refractivity contribution is 9.10. The average molecular weight is 293 g/mol. The molecular weight excluding hydrogens is 268 g/mol. The Kier molecular flexibility index (Phi) is 6.61. The molecular formula is C13H25BrO2. The van der Waals surface area contributed by atoms with Gasteiger partial charge in [0.2, 0.25) is 0 Å². The van der Waals surface area contributed by atoms with Crippen LogP contribution in [0, 0.1) is 11.8 Å². The predicted molar refractivity (Wildman–Crippen MR) is 71.8 cm³/mol. The van der Waals surface area contributed by atoms with Gasteiger partial charge in [-0.3, -0.25) is 4.79 Å². The van der Waals surface area contributed by atoms with E-state index < -0.39 is 4.32 Å². The molecule has 2 nitrogen and oxygen atoms in total. The lowest BCUT2D eigenvalue weighted by molar-refractivity contribution is -0.152. The molecule has 0 radical (unpaired) electrons. The first-order valence-electron chi connectivity index (χ1n) is 6.03. The molecule has 0 unspecified atom stereocenters. The fourth-order valence-electron chi connectivity index (χ4n) is 1.54. The molecule has 0 saturated carbocycles. The monoisotopic (exact) mass is 292 g/mol. The number of rotatable bonds is 6. The highest BCUT2D eigenvalue weighted by atomic mass is 79.9. The molecule has 0 fully saturated rings. The summed E-state index contributed by atoms with van der Waals surface area (Å²) in [6, 6.07) is 0. The second-order valence-corrected chi connectivity index (χ2v) is 7.74. The van der Waals surface area contributed by atoms with Crippen molar-refractivity contribution >= 4 is 21.9 Å². The Hall–Kier alpha value is -0.0500. The Bertz CT molecular complexity index is 206. The van der Waals surface area contributed by atoms with Crippen LogP contribution in [0.1, 0.15) is 54.4 Å². The zero-order chi connectivity index (χ0) is 12.9. The molecule has 0 saturated heterocycles. The lowest BCUT2D eigenvalue weighted by Gasteiger charge is -2.25. The molecule has 0 atom stereocenters. The molecule has 0 aromatic rings. The van der Waals surface area contributed by atoms with E-state index in [1.807, 2.05) is 13.8 Å². The summed E-state index contributed by atoms with van der Waals surface area (Å²) >= 11 is 3.33. The van der Waals surface area contributed by atoms with Gasteiger partial charge in [0.05, 0.1) is 0 Å². The number of halogens is 1. The number of alkyl halides is 1. The van der Waals surface area contributed by atoms with Gasteiger partial charge in [-0.05, 0) is 38.5 Å². The van der Waals surface area contributed by atoms with E-state index in [1.54, 1.807) is 0 Å². The fraction of sp³-hybridized carbons (Fsp3) is 0.923. The molecule has 0 aromatic carbocycles. The van der Waals surface area contributed by atoms with Gasteiger partial charge >= 0.3 is 5.97 Å². The average Bonchev–Trinajstić information content (AvgIpc) is 1.98.